The lowest BCUT2D eigenvalue weighted by molar-refractivity contribution is 0.289. The number of ether oxygens (including phenoxy) is 1. The molecule has 4 heteroatoms. The van der Waals surface area contributed by atoms with Crippen molar-refractivity contribution in [2.24, 2.45) is 5.73 Å². The Hall–Kier alpha value is -1.52. The largest absolute Gasteiger partial charge is 0.508 e. The normalized spacial score (nSPS) is 12.1. The van der Waals surface area contributed by atoms with Crippen LogP contribution in [-0.2, 0) is 0 Å². The molecule has 2 aromatic carbocycles. The fourth-order valence-electron chi connectivity index (χ4n) is 1.62. The van der Waals surface area contributed by atoms with Gasteiger partial charge in [-0.25, -0.2) is 0 Å². The summed E-state index contributed by atoms with van der Waals surface area (Å²) in [5, 5.41) is 9.32. The first-order chi connectivity index (χ1) is 8.66. The van der Waals surface area contributed by atoms with Crippen LogP contribution in [0.4, 0.5) is 0 Å². The number of phenolic OH excluding ortho intramolecular Hbond substituents is 1. The second kappa shape index (κ2) is 5.89. The van der Waals surface area contributed by atoms with Gasteiger partial charge in [-0.2, -0.15) is 0 Å². The molecule has 2 aromatic rings. The monoisotopic (exact) mass is 307 g/mol. The molecule has 3 nitrogen and oxygen atoms in total. The molecule has 0 radical (unpaired) electrons. The van der Waals surface area contributed by atoms with Crippen molar-refractivity contribution in [3.63, 3.8) is 0 Å². The van der Waals surface area contributed by atoms with Crippen molar-refractivity contribution in [2.75, 3.05) is 6.61 Å². The van der Waals surface area contributed by atoms with Crippen LogP contribution >= 0.6 is 15.9 Å². The van der Waals surface area contributed by atoms with E-state index in [1.54, 1.807) is 24.3 Å². The molecule has 0 saturated heterocycles. The van der Waals surface area contributed by atoms with Gasteiger partial charge in [0.15, 0.2) is 0 Å². The number of hydrogen-bond donors (Lipinski definition) is 2. The summed E-state index contributed by atoms with van der Waals surface area (Å²) in [5.41, 5.74) is 7.06. The van der Waals surface area contributed by atoms with E-state index >= 15 is 0 Å². The second-order valence-electron chi connectivity index (χ2n) is 3.94. The summed E-state index contributed by atoms with van der Waals surface area (Å²) in [6, 6.07) is 14.2. The highest BCUT2D eigenvalue weighted by Gasteiger charge is 2.10. The van der Waals surface area contributed by atoms with Crippen molar-refractivity contribution in [2.45, 2.75) is 6.04 Å². The van der Waals surface area contributed by atoms with E-state index in [9.17, 15) is 5.11 Å². The van der Waals surface area contributed by atoms with Crippen LogP contribution in [0.15, 0.2) is 53.0 Å². The van der Waals surface area contributed by atoms with Crippen molar-refractivity contribution < 1.29 is 9.84 Å². The Labute approximate surface area is 114 Å². The van der Waals surface area contributed by atoms with Gasteiger partial charge in [-0.05, 0) is 23.8 Å². The average Bonchev–Trinajstić information content (AvgIpc) is 2.37. The van der Waals surface area contributed by atoms with E-state index in [1.165, 1.54) is 0 Å². The second-order valence-corrected chi connectivity index (χ2v) is 4.79. The third-order valence-corrected chi connectivity index (χ3v) is 3.27. The van der Waals surface area contributed by atoms with Gasteiger partial charge >= 0.3 is 0 Å². The molecule has 0 fully saturated rings. The molecule has 0 aromatic heterocycles. The van der Waals surface area contributed by atoms with E-state index in [1.807, 2.05) is 24.3 Å². The van der Waals surface area contributed by atoms with Gasteiger partial charge in [-0.1, -0.05) is 40.2 Å². The Morgan fingerprint density at radius 2 is 1.94 bits per heavy atom. The smallest absolute Gasteiger partial charge is 0.123 e. The molecular weight excluding hydrogens is 294 g/mol. The lowest BCUT2D eigenvalue weighted by atomic mass is 10.1. The van der Waals surface area contributed by atoms with Crippen LogP contribution in [-0.4, -0.2) is 11.7 Å². The molecule has 0 amide bonds. The van der Waals surface area contributed by atoms with Crippen LogP contribution in [0.5, 0.6) is 11.5 Å². The van der Waals surface area contributed by atoms with Crippen molar-refractivity contribution in [1.29, 1.82) is 0 Å². The fraction of sp³-hybridized carbons (Fsp3) is 0.143. The minimum atomic E-state index is -0.220. The Balaban J connectivity index is 2.00. The maximum atomic E-state index is 9.32. The van der Waals surface area contributed by atoms with Gasteiger partial charge < -0.3 is 15.6 Å². The third kappa shape index (κ3) is 3.24. The van der Waals surface area contributed by atoms with Crippen molar-refractivity contribution in [1.82, 2.24) is 0 Å². The minimum Gasteiger partial charge on any atom is -0.508 e. The van der Waals surface area contributed by atoms with Gasteiger partial charge in [-0.15, -0.1) is 0 Å². The third-order valence-electron chi connectivity index (χ3n) is 2.55. The van der Waals surface area contributed by atoms with Gasteiger partial charge in [0.05, 0.1) is 6.04 Å². The van der Waals surface area contributed by atoms with Crippen molar-refractivity contribution >= 4 is 15.9 Å². The average molecular weight is 308 g/mol. The van der Waals surface area contributed by atoms with Crippen molar-refractivity contribution in [3.05, 3.63) is 58.6 Å². The molecule has 0 spiro atoms. The SMILES string of the molecule is NC(COc1cccc(O)c1)c1ccccc1Br. The van der Waals surface area contributed by atoms with Crippen LogP contribution in [0.2, 0.25) is 0 Å². The predicted molar refractivity (Wildman–Crippen MR) is 74.7 cm³/mol. The molecular formula is C14H14BrNO2. The van der Waals surface area contributed by atoms with E-state index in [-0.39, 0.29) is 11.8 Å². The minimum absolute atomic E-state index is 0.182. The standard InChI is InChI=1S/C14H14BrNO2/c15-13-7-2-1-6-12(13)14(16)9-18-11-5-3-4-10(17)8-11/h1-8,14,17H,9,16H2. The molecule has 3 N–H and O–H groups in total. The summed E-state index contributed by atoms with van der Waals surface area (Å²) in [4.78, 5) is 0. The highest BCUT2D eigenvalue weighted by atomic mass is 79.9. The summed E-state index contributed by atoms with van der Waals surface area (Å²) in [7, 11) is 0. The zero-order chi connectivity index (χ0) is 13.0. The Morgan fingerprint density at radius 1 is 1.17 bits per heavy atom. The quantitative estimate of drug-likeness (QED) is 0.912. The van der Waals surface area contributed by atoms with Gasteiger partial charge in [0.2, 0.25) is 0 Å². The summed E-state index contributed by atoms with van der Waals surface area (Å²) >= 11 is 3.46. The van der Waals surface area contributed by atoms with Crippen LogP contribution in [0, 0.1) is 0 Å². The topological polar surface area (TPSA) is 55.5 Å². The Kier molecular flexibility index (Phi) is 4.23. The highest BCUT2D eigenvalue weighted by Crippen LogP contribution is 2.23. The summed E-state index contributed by atoms with van der Waals surface area (Å²) in [6.07, 6.45) is 0. The van der Waals surface area contributed by atoms with Crippen LogP contribution in [0.1, 0.15) is 11.6 Å². The number of halogens is 1. The number of phenols is 1. The summed E-state index contributed by atoms with van der Waals surface area (Å²) < 4.78 is 6.52. The first-order valence-corrected chi connectivity index (χ1v) is 6.38. The zero-order valence-corrected chi connectivity index (χ0v) is 11.3. The van der Waals surface area contributed by atoms with E-state index in [2.05, 4.69) is 15.9 Å². The van der Waals surface area contributed by atoms with Gasteiger partial charge in [-0.3, -0.25) is 0 Å². The summed E-state index contributed by atoms with van der Waals surface area (Å²) in [5.74, 6) is 0.791. The van der Waals surface area contributed by atoms with Crippen LogP contribution in [0.3, 0.4) is 0 Å². The Bertz CT molecular complexity index is 531. The molecule has 2 rings (SSSR count). The predicted octanol–water partition coefficient (Wildman–Crippen LogP) is 3.23. The number of aromatic hydroxyl groups is 1. The molecule has 0 bridgehead atoms. The molecule has 94 valence electrons. The lowest BCUT2D eigenvalue weighted by Gasteiger charge is -2.15. The van der Waals surface area contributed by atoms with Gasteiger partial charge in [0, 0.05) is 10.5 Å². The highest BCUT2D eigenvalue weighted by molar-refractivity contribution is 9.10. The number of nitrogens with two attached hydrogens (primary N) is 1. The molecule has 0 saturated carbocycles. The van der Waals surface area contributed by atoms with Gasteiger partial charge in [0.1, 0.15) is 18.1 Å². The zero-order valence-electron chi connectivity index (χ0n) is 9.71. The summed E-state index contributed by atoms with van der Waals surface area (Å²) in [6.45, 7) is 0.353. The molecule has 0 aliphatic carbocycles. The van der Waals surface area contributed by atoms with E-state index in [4.69, 9.17) is 10.5 Å². The maximum absolute atomic E-state index is 9.32. The number of rotatable bonds is 4. The van der Waals surface area contributed by atoms with Gasteiger partial charge in [0.25, 0.3) is 0 Å². The number of hydrogen-bond acceptors (Lipinski definition) is 3. The Morgan fingerprint density at radius 3 is 2.67 bits per heavy atom. The first kappa shape index (κ1) is 12.9. The van der Waals surface area contributed by atoms with E-state index in [0.717, 1.165) is 10.0 Å². The lowest BCUT2D eigenvalue weighted by Crippen LogP contribution is -2.19. The van der Waals surface area contributed by atoms with E-state index < -0.39 is 0 Å². The molecule has 0 aliphatic heterocycles. The molecule has 1 atom stereocenters. The van der Waals surface area contributed by atoms with Crippen LogP contribution in [0.25, 0.3) is 0 Å². The first-order valence-electron chi connectivity index (χ1n) is 5.58. The van der Waals surface area contributed by atoms with E-state index in [0.29, 0.717) is 12.4 Å². The van der Waals surface area contributed by atoms with Crippen molar-refractivity contribution in [3.8, 4) is 11.5 Å². The number of benzene rings is 2. The maximum Gasteiger partial charge on any atom is 0.123 e. The molecule has 1 unspecified atom stereocenters. The van der Waals surface area contributed by atoms with Crippen LogP contribution < -0.4 is 10.5 Å². The fourth-order valence-corrected chi connectivity index (χ4v) is 2.20. The molecule has 18 heavy (non-hydrogen) atoms. The molecule has 0 aliphatic rings. The molecule has 0 heterocycles.